The van der Waals surface area contributed by atoms with E-state index in [0.29, 0.717) is 0 Å². The van der Waals surface area contributed by atoms with Crippen molar-refractivity contribution in [2.75, 3.05) is 0 Å². The van der Waals surface area contributed by atoms with Crippen molar-refractivity contribution in [1.29, 1.82) is 0 Å². The second-order valence-electron chi connectivity index (χ2n) is 15.2. The summed E-state index contributed by atoms with van der Waals surface area (Å²) >= 11 is 0. The van der Waals surface area contributed by atoms with Crippen LogP contribution in [0.1, 0.15) is 25.0 Å². The summed E-state index contributed by atoms with van der Waals surface area (Å²) in [5.41, 5.74) is 12.1. The molecular weight excluding hydrogens is 684 g/mol. The van der Waals surface area contributed by atoms with Gasteiger partial charge in [-0.1, -0.05) is 196 Å². The molecule has 1 aliphatic rings. The zero-order chi connectivity index (χ0) is 37.1. The second kappa shape index (κ2) is 12.9. The molecule has 10 rings (SSSR count). The SMILES string of the molecule is CC1(C)c2cc(-c3cccc(-c4ccccc4)c3)ccc2-c2c3ccccc3c(-c3cccc(P(=O)(c4ccccc4)c4ccccc4)c3)c3cccc1c23. The Bertz CT molecular complexity index is 2920. The minimum Gasteiger partial charge on any atom is -0.309 e. The van der Waals surface area contributed by atoms with Crippen LogP contribution < -0.4 is 15.9 Å². The number of fused-ring (bicyclic) bond motifs is 4. The minimum absolute atomic E-state index is 0.257. The zero-order valence-corrected chi connectivity index (χ0v) is 31.8. The molecule has 1 nitrogen and oxygen atoms in total. The molecule has 9 aromatic rings. The lowest BCUT2D eigenvalue weighted by molar-refractivity contribution is 0.592. The van der Waals surface area contributed by atoms with Crippen LogP contribution in [0.3, 0.4) is 0 Å². The van der Waals surface area contributed by atoms with Crippen molar-refractivity contribution in [2.24, 2.45) is 0 Å². The number of hydrogen-bond donors (Lipinski definition) is 0. The monoisotopic (exact) mass is 722 g/mol. The van der Waals surface area contributed by atoms with Crippen molar-refractivity contribution in [2.45, 2.75) is 19.3 Å². The maximum Gasteiger partial charge on any atom is 0.171 e. The number of hydrogen-bond acceptors (Lipinski definition) is 1. The van der Waals surface area contributed by atoms with Gasteiger partial charge in [-0.3, -0.25) is 0 Å². The first-order valence-corrected chi connectivity index (χ1v) is 20.7. The lowest BCUT2D eigenvalue weighted by Crippen LogP contribution is -2.25. The van der Waals surface area contributed by atoms with Crippen molar-refractivity contribution in [1.82, 2.24) is 0 Å². The quantitative estimate of drug-likeness (QED) is 0.123. The molecule has 55 heavy (non-hydrogen) atoms. The topological polar surface area (TPSA) is 17.1 Å². The third kappa shape index (κ3) is 5.26. The summed E-state index contributed by atoms with van der Waals surface area (Å²) in [6.45, 7) is 4.75. The first kappa shape index (κ1) is 33.3. The molecule has 0 unspecified atom stereocenters. The van der Waals surface area contributed by atoms with Gasteiger partial charge >= 0.3 is 0 Å². The van der Waals surface area contributed by atoms with Crippen molar-refractivity contribution in [3.8, 4) is 44.5 Å². The Hall–Kier alpha value is -6.27. The number of rotatable bonds is 6. The summed E-state index contributed by atoms with van der Waals surface area (Å²) in [5.74, 6) is 0. The van der Waals surface area contributed by atoms with Gasteiger partial charge in [0.2, 0.25) is 0 Å². The van der Waals surface area contributed by atoms with E-state index in [9.17, 15) is 0 Å². The van der Waals surface area contributed by atoms with Crippen LogP contribution in [-0.4, -0.2) is 0 Å². The molecule has 0 aromatic heterocycles. The van der Waals surface area contributed by atoms with Crippen LogP contribution in [0.15, 0.2) is 200 Å². The van der Waals surface area contributed by atoms with Crippen molar-refractivity contribution in [3.05, 3.63) is 211 Å². The second-order valence-corrected chi connectivity index (χ2v) is 18.0. The van der Waals surface area contributed by atoms with Gasteiger partial charge in [0.05, 0.1) is 0 Å². The Labute approximate surface area is 323 Å². The largest absolute Gasteiger partial charge is 0.309 e. The van der Waals surface area contributed by atoms with Gasteiger partial charge in [0.1, 0.15) is 0 Å². The summed E-state index contributed by atoms with van der Waals surface area (Å²) in [6, 6.07) is 70.7. The van der Waals surface area contributed by atoms with E-state index in [1.807, 2.05) is 66.7 Å². The van der Waals surface area contributed by atoms with Crippen LogP contribution >= 0.6 is 7.14 Å². The fraction of sp³-hybridized carbons (Fsp3) is 0.0566. The predicted molar refractivity (Wildman–Crippen MR) is 235 cm³/mol. The third-order valence-corrected chi connectivity index (χ3v) is 14.8. The van der Waals surface area contributed by atoms with E-state index in [-0.39, 0.29) is 5.41 Å². The molecule has 1 aliphatic carbocycles. The lowest BCUT2D eigenvalue weighted by Gasteiger charge is -2.37. The molecule has 0 atom stereocenters. The van der Waals surface area contributed by atoms with E-state index in [2.05, 4.69) is 147 Å². The van der Waals surface area contributed by atoms with Gasteiger partial charge in [-0.2, -0.15) is 0 Å². The summed E-state index contributed by atoms with van der Waals surface area (Å²) in [4.78, 5) is 0. The third-order valence-electron chi connectivity index (χ3n) is 11.7. The summed E-state index contributed by atoms with van der Waals surface area (Å²) in [5, 5.41) is 7.45. The van der Waals surface area contributed by atoms with Crippen LogP contribution in [0.4, 0.5) is 0 Å². The van der Waals surface area contributed by atoms with Gasteiger partial charge in [-0.25, -0.2) is 0 Å². The first-order valence-electron chi connectivity index (χ1n) is 19.0. The molecule has 0 aliphatic heterocycles. The van der Waals surface area contributed by atoms with Gasteiger partial charge in [0, 0.05) is 21.3 Å². The van der Waals surface area contributed by atoms with E-state index >= 15 is 4.57 Å². The predicted octanol–water partition coefficient (Wildman–Crippen LogP) is 12.9. The molecular formula is C53H39OP. The van der Waals surface area contributed by atoms with Gasteiger partial charge in [0.15, 0.2) is 7.14 Å². The molecule has 0 fully saturated rings. The minimum atomic E-state index is -3.17. The fourth-order valence-electron chi connectivity index (χ4n) is 9.03. The van der Waals surface area contributed by atoms with E-state index in [0.717, 1.165) is 21.5 Å². The van der Waals surface area contributed by atoms with Gasteiger partial charge in [-0.15, -0.1) is 0 Å². The lowest BCUT2D eigenvalue weighted by atomic mass is 9.66. The maximum absolute atomic E-state index is 15.5. The Kier molecular flexibility index (Phi) is 7.84. The van der Waals surface area contributed by atoms with E-state index in [1.54, 1.807) is 0 Å². The summed E-state index contributed by atoms with van der Waals surface area (Å²) in [6.07, 6.45) is 0. The highest BCUT2D eigenvalue weighted by Crippen LogP contribution is 2.54. The number of benzene rings is 9. The Balaban J connectivity index is 1.19. The van der Waals surface area contributed by atoms with E-state index in [1.165, 1.54) is 71.6 Å². The van der Waals surface area contributed by atoms with Gasteiger partial charge in [0.25, 0.3) is 0 Å². The molecule has 2 heteroatoms. The highest BCUT2D eigenvalue weighted by Gasteiger charge is 2.36. The van der Waals surface area contributed by atoms with E-state index < -0.39 is 7.14 Å². The summed E-state index contributed by atoms with van der Waals surface area (Å²) in [7, 11) is -3.17. The van der Waals surface area contributed by atoms with Crippen LogP contribution in [0.25, 0.3) is 66.1 Å². The smallest absolute Gasteiger partial charge is 0.171 e. The molecule has 0 amide bonds. The average Bonchev–Trinajstić information content (AvgIpc) is 3.25. The molecule has 0 heterocycles. The van der Waals surface area contributed by atoms with Crippen LogP contribution in [0.5, 0.6) is 0 Å². The van der Waals surface area contributed by atoms with Gasteiger partial charge < -0.3 is 4.57 Å². The Morgan fingerprint density at radius 1 is 0.364 bits per heavy atom. The Morgan fingerprint density at radius 3 is 1.55 bits per heavy atom. The van der Waals surface area contributed by atoms with Crippen LogP contribution in [0.2, 0.25) is 0 Å². The maximum atomic E-state index is 15.5. The average molecular weight is 723 g/mol. The molecule has 0 bridgehead atoms. The van der Waals surface area contributed by atoms with Gasteiger partial charge in [-0.05, 0) is 95.4 Å². The molecule has 0 saturated carbocycles. The molecule has 0 saturated heterocycles. The van der Waals surface area contributed by atoms with Crippen molar-refractivity contribution < 1.29 is 4.57 Å². The highest BCUT2D eigenvalue weighted by atomic mass is 31.2. The molecule has 0 radical (unpaired) electrons. The van der Waals surface area contributed by atoms with E-state index in [4.69, 9.17) is 0 Å². The molecule has 0 N–H and O–H groups in total. The Morgan fingerprint density at radius 2 is 0.855 bits per heavy atom. The normalized spacial score (nSPS) is 13.1. The summed E-state index contributed by atoms with van der Waals surface area (Å²) < 4.78 is 15.5. The molecule has 9 aromatic carbocycles. The van der Waals surface area contributed by atoms with Crippen LogP contribution in [-0.2, 0) is 9.98 Å². The zero-order valence-electron chi connectivity index (χ0n) is 30.9. The standard InChI is InChI=1S/C53H39OP/c1-53(2)48-30-16-29-47-50(40-21-15-26-43(34-40)55(54,41-22-8-4-9-23-41)42-24-10-5-11-25-42)44-27-12-13-28-45(44)51(52(47)48)46-32-31-39(35-49(46)53)38-20-14-19-37(33-38)36-17-6-3-7-18-36/h3-35H,1-2H3. The first-order chi connectivity index (χ1) is 26.9. The molecule has 0 spiro atoms. The van der Waals surface area contributed by atoms with Crippen LogP contribution in [0, 0.1) is 0 Å². The van der Waals surface area contributed by atoms with Crippen molar-refractivity contribution >= 4 is 44.6 Å². The fourth-order valence-corrected chi connectivity index (χ4v) is 11.7. The molecule has 262 valence electrons. The van der Waals surface area contributed by atoms with Crippen molar-refractivity contribution in [3.63, 3.8) is 0 Å². The highest BCUT2D eigenvalue weighted by molar-refractivity contribution is 7.85.